The summed E-state index contributed by atoms with van der Waals surface area (Å²) in [4.78, 5) is 33.9. The Morgan fingerprint density at radius 2 is 1.54 bits per heavy atom. The topological polar surface area (TPSA) is 113 Å². The van der Waals surface area contributed by atoms with Gasteiger partial charge in [-0.2, -0.15) is 13.2 Å². The highest BCUT2D eigenvalue weighted by Crippen LogP contribution is 2.21. The molecular weight excluding hydrogens is 511 g/mol. The highest BCUT2D eigenvalue weighted by atomic mass is 32.2. The van der Waals surface area contributed by atoms with Crippen LogP contribution in [0, 0.1) is 11.8 Å². The number of halogens is 3. The quantitative estimate of drug-likeness (QED) is 0.107. The van der Waals surface area contributed by atoms with Crippen molar-refractivity contribution >= 4 is 29.6 Å². The van der Waals surface area contributed by atoms with Gasteiger partial charge >= 0.3 is 24.0 Å². The summed E-state index contributed by atoms with van der Waals surface area (Å²) in [6.07, 6.45) is 6.31. The summed E-state index contributed by atoms with van der Waals surface area (Å²) < 4.78 is 42.4. The SMILES string of the molecule is CCCCCCCCCCCCC#C[C@@H](SC[C@@H](NC(=O)C(F)(F)F)C(=O)OC)[C@@H](O)CCCC(=O)O. The summed E-state index contributed by atoms with van der Waals surface area (Å²) in [7, 11) is 0.990. The fourth-order valence-corrected chi connectivity index (χ4v) is 4.63. The standard InChI is InChI=1S/C26H42F3NO6S/c1-3-4-5-6-7-8-9-10-11-12-13-14-17-22(21(31)16-15-18-23(32)33)37-19-20(24(34)36-2)30-25(35)26(27,28)29/h20-22,31H,3-13,15-16,18-19H2,1-2H3,(H,30,35)(H,32,33)/t20-,21+,22-/m1/s1. The fraction of sp³-hybridized carbons (Fsp3) is 0.808. The minimum atomic E-state index is -5.17. The van der Waals surface area contributed by atoms with Gasteiger partial charge in [0.05, 0.1) is 18.5 Å². The first-order valence-electron chi connectivity index (χ1n) is 13.0. The second-order valence-electron chi connectivity index (χ2n) is 8.91. The summed E-state index contributed by atoms with van der Waals surface area (Å²) in [6.45, 7) is 2.20. The molecule has 0 fully saturated rings. The molecule has 0 aliphatic heterocycles. The molecule has 0 unspecified atom stereocenters. The molecule has 0 spiro atoms. The van der Waals surface area contributed by atoms with Crippen LogP contribution in [-0.2, 0) is 19.1 Å². The monoisotopic (exact) mass is 553 g/mol. The molecule has 0 saturated carbocycles. The van der Waals surface area contributed by atoms with Crippen LogP contribution < -0.4 is 5.32 Å². The van der Waals surface area contributed by atoms with Crippen LogP contribution in [0.2, 0.25) is 0 Å². The van der Waals surface area contributed by atoms with E-state index in [1.54, 1.807) is 5.32 Å². The van der Waals surface area contributed by atoms with Gasteiger partial charge in [0.1, 0.15) is 6.04 Å². The molecule has 3 N–H and O–H groups in total. The Morgan fingerprint density at radius 3 is 2.05 bits per heavy atom. The molecule has 1 amide bonds. The van der Waals surface area contributed by atoms with Gasteiger partial charge in [-0.25, -0.2) is 4.79 Å². The van der Waals surface area contributed by atoms with Crippen molar-refractivity contribution in [2.75, 3.05) is 12.9 Å². The Balaban J connectivity index is 4.83. The number of carbonyl (C=O) groups excluding carboxylic acids is 2. The Kier molecular flexibility index (Phi) is 20.0. The molecule has 0 bridgehead atoms. The summed E-state index contributed by atoms with van der Waals surface area (Å²) >= 11 is 0.922. The van der Waals surface area contributed by atoms with Crippen molar-refractivity contribution in [2.24, 2.45) is 0 Å². The third-order valence-corrected chi connectivity index (χ3v) is 6.95. The molecule has 0 aliphatic rings. The van der Waals surface area contributed by atoms with Crippen LogP contribution in [0.3, 0.4) is 0 Å². The van der Waals surface area contributed by atoms with E-state index in [0.29, 0.717) is 6.42 Å². The van der Waals surface area contributed by atoms with Crippen molar-refractivity contribution in [2.45, 2.75) is 120 Å². The molecule has 214 valence electrons. The van der Waals surface area contributed by atoms with Gasteiger partial charge in [-0.3, -0.25) is 9.59 Å². The van der Waals surface area contributed by atoms with Gasteiger partial charge in [0.15, 0.2) is 0 Å². The summed E-state index contributed by atoms with van der Waals surface area (Å²) in [5.74, 6) is 1.27. The van der Waals surface area contributed by atoms with E-state index in [1.807, 2.05) is 0 Å². The number of carboxylic acids is 1. The minimum Gasteiger partial charge on any atom is -0.481 e. The van der Waals surface area contributed by atoms with E-state index >= 15 is 0 Å². The molecule has 11 heteroatoms. The number of nitrogens with one attached hydrogen (secondary N) is 1. The molecule has 0 saturated heterocycles. The number of esters is 1. The number of aliphatic carboxylic acids is 1. The van der Waals surface area contributed by atoms with E-state index in [4.69, 9.17) is 5.11 Å². The van der Waals surface area contributed by atoms with E-state index in [-0.39, 0.29) is 25.0 Å². The van der Waals surface area contributed by atoms with Gasteiger partial charge in [-0.15, -0.1) is 17.7 Å². The number of ether oxygens (including phenoxy) is 1. The third-order valence-electron chi connectivity index (χ3n) is 5.63. The molecule has 3 atom stereocenters. The first kappa shape index (κ1) is 35.1. The van der Waals surface area contributed by atoms with Crippen LogP contribution in [0.15, 0.2) is 0 Å². The lowest BCUT2D eigenvalue weighted by Gasteiger charge is -2.21. The molecule has 0 aromatic carbocycles. The number of thioether (sulfide) groups is 1. The number of carbonyl (C=O) groups is 3. The smallest absolute Gasteiger partial charge is 0.471 e. The first-order valence-corrected chi connectivity index (χ1v) is 14.0. The second-order valence-corrected chi connectivity index (χ2v) is 10.1. The number of aliphatic hydroxyl groups is 1. The molecule has 0 aromatic rings. The normalized spacial score (nSPS) is 13.7. The lowest BCUT2D eigenvalue weighted by atomic mass is 10.1. The number of hydrogen-bond acceptors (Lipinski definition) is 6. The van der Waals surface area contributed by atoms with E-state index in [0.717, 1.165) is 38.1 Å². The molecule has 0 aliphatic carbocycles. The number of hydrogen-bond donors (Lipinski definition) is 3. The van der Waals surface area contributed by atoms with Crippen LogP contribution in [0.4, 0.5) is 13.2 Å². The van der Waals surface area contributed by atoms with Crippen LogP contribution in [0.25, 0.3) is 0 Å². The van der Waals surface area contributed by atoms with Crippen molar-refractivity contribution in [1.82, 2.24) is 5.32 Å². The Bertz CT molecular complexity index is 723. The van der Waals surface area contributed by atoms with Crippen molar-refractivity contribution in [1.29, 1.82) is 0 Å². The molecule has 0 aromatic heterocycles. The molecular formula is C26H42F3NO6S. The molecule has 7 nitrogen and oxygen atoms in total. The lowest BCUT2D eigenvalue weighted by molar-refractivity contribution is -0.175. The zero-order valence-electron chi connectivity index (χ0n) is 21.9. The third kappa shape index (κ3) is 18.9. The number of amides is 1. The van der Waals surface area contributed by atoms with Crippen molar-refractivity contribution in [3.63, 3.8) is 0 Å². The number of rotatable bonds is 20. The zero-order chi connectivity index (χ0) is 28.1. The fourth-order valence-electron chi connectivity index (χ4n) is 3.49. The van der Waals surface area contributed by atoms with Crippen LogP contribution >= 0.6 is 11.8 Å². The van der Waals surface area contributed by atoms with Crippen molar-refractivity contribution in [3.8, 4) is 11.8 Å². The van der Waals surface area contributed by atoms with Gasteiger partial charge in [-0.05, 0) is 19.3 Å². The minimum absolute atomic E-state index is 0.120. The van der Waals surface area contributed by atoms with Gasteiger partial charge < -0.3 is 20.3 Å². The van der Waals surface area contributed by atoms with Gasteiger partial charge in [0.2, 0.25) is 0 Å². The maximum atomic E-state index is 12.6. The van der Waals surface area contributed by atoms with Gasteiger partial charge in [-0.1, -0.05) is 70.6 Å². The second kappa shape index (κ2) is 21.1. The average Bonchev–Trinajstić information content (AvgIpc) is 2.83. The maximum Gasteiger partial charge on any atom is 0.471 e. The summed E-state index contributed by atoms with van der Waals surface area (Å²) in [6, 6.07) is -1.58. The number of unbranched alkanes of at least 4 members (excludes halogenated alkanes) is 10. The average molecular weight is 554 g/mol. The van der Waals surface area contributed by atoms with Crippen LogP contribution in [0.5, 0.6) is 0 Å². The van der Waals surface area contributed by atoms with Gasteiger partial charge in [0.25, 0.3) is 0 Å². The zero-order valence-corrected chi connectivity index (χ0v) is 22.7. The highest BCUT2D eigenvalue weighted by molar-refractivity contribution is 8.00. The van der Waals surface area contributed by atoms with Crippen molar-refractivity contribution < 1.29 is 42.5 Å². The predicted molar refractivity (Wildman–Crippen MR) is 138 cm³/mol. The van der Waals surface area contributed by atoms with Gasteiger partial charge in [0, 0.05) is 18.6 Å². The molecule has 37 heavy (non-hydrogen) atoms. The maximum absolute atomic E-state index is 12.6. The molecule has 0 rings (SSSR count). The van der Waals surface area contributed by atoms with E-state index in [2.05, 4.69) is 23.5 Å². The van der Waals surface area contributed by atoms with Crippen molar-refractivity contribution in [3.05, 3.63) is 0 Å². The number of aliphatic hydroxyl groups excluding tert-OH is 1. The number of alkyl halides is 3. The van der Waals surface area contributed by atoms with Crippen LogP contribution in [-0.4, -0.2) is 64.5 Å². The number of methoxy groups -OCH3 is 1. The predicted octanol–water partition coefficient (Wildman–Crippen LogP) is 5.24. The molecule has 0 radical (unpaired) electrons. The van der Waals surface area contributed by atoms with E-state index in [1.165, 1.54) is 44.9 Å². The van der Waals surface area contributed by atoms with E-state index < -0.39 is 41.4 Å². The Hall–Kier alpha value is -1.93. The Labute approximate surface area is 222 Å². The summed E-state index contributed by atoms with van der Waals surface area (Å²) in [5.41, 5.74) is 0. The highest BCUT2D eigenvalue weighted by Gasteiger charge is 2.41. The lowest BCUT2D eigenvalue weighted by Crippen LogP contribution is -2.49. The largest absolute Gasteiger partial charge is 0.481 e. The number of carboxylic acid groups (broad SMARTS) is 1. The van der Waals surface area contributed by atoms with Crippen LogP contribution in [0.1, 0.15) is 96.8 Å². The molecule has 0 heterocycles. The Morgan fingerprint density at radius 1 is 0.973 bits per heavy atom. The first-order chi connectivity index (χ1) is 17.5. The summed E-state index contributed by atoms with van der Waals surface area (Å²) in [5, 5.41) is 20.2. The van der Waals surface area contributed by atoms with E-state index in [9.17, 15) is 32.7 Å².